The van der Waals surface area contributed by atoms with Gasteiger partial charge < -0.3 is 10.6 Å². The highest BCUT2D eigenvalue weighted by Gasteiger charge is 2.06. The van der Waals surface area contributed by atoms with Crippen LogP contribution in [-0.2, 0) is 6.54 Å². The van der Waals surface area contributed by atoms with Gasteiger partial charge in [0.1, 0.15) is 5.15 Å². The number of amides is 2. The molecule has 4 nitrogen and oxygen atoms in total. The van der Waals surface area contributed by atoms with E-state index in [1.54, 1.807) is 12.3 Å². The van der Waals surface area contributed by atoms with Crippen LogP contribution in [0.2, 0.25) is 5.15 Å². The van der Waals surface area contributed by atoms with Gasteiger partial charge in [0.2, 0.25) is 0 Å². The van der Waals surface area contributed by atoms with Crippen LogP contribution in [0.3, 0.4) is 0 Å². The predicted octanol–water partition coefficient (Wildman–Crippen LogP) is 4.97. The molecule has 0 aliphatic heterocycles. The van der Waals surface area contributed by atoms with Crippen LogP contribution in [0, 0.1) is 0 Å². The first kappa shape index (κ1) is 15.8. The van der Waals surface area contributed by atoms with Gasteiger partial charge >= 0.3 is 6.03 Å². The van der Waals surface area contributed by atoms with Crippen molar-refractivity contribution in [3.05, 3.63) is 69.9 Å². The zero-order valence-electron chi connectivity index (χ0n) is 12.0. The van der Waals surface area contributed by atoms with Crippen LogP contribution in [0.4, 0.5) is 10.5 Å². The van der Waals surface area contributed by atoms with E-state index in [0.29, 0.717) is 17.4 Å². The Morgan fingerprint density at radius 3 is 2.74 bits per heavy atom. The van der Waals surface area contributed by atoms with Crippen molar-refractivity contribution in [2.24, 2.45) is 0 Å². The van der Waals surface area contributed by atoms with Gasteiger partial charge in [0, 0.05) is 28.0 Å². The summed E-state index contributed by atoms with van der Waals surface area (Å²) in [5.74, 6) is 0. The number of pyridine rings is 1. The molecule has 0 aliphatic rings. The molecular formula is C17H13BrClN3O. The number of carbonyl (C=O) groups is 1. The number of hydrogen-bond acceptors (Lipinski definition) is 2. The first-order chi connectivity index (χ1) is 11.1. The van der Waals surface area contributed by atoms with Gasteiger partial charge in [-0.25, -0.2) is 9.78 Å². The molecule has 0 bridgehead atoms. The highest BCUT2D eigenvalue weighted by molar-refractivity contribution is 9.10. The number of aromatic nitrogens is 1. The Hall–Kier alpha value is -2.11. The number of anilines is 1. The van der Waals surface area contributed by atoms with Gasteiger partial charge in [-0.3, -0.25) is 0 Å². The van der Waals surface area contributed by atoms with Crippen molar-refractivity contribution in [3.8, 4) is 0 Å². The Balaban J connectivity index is 1.70. The maximum atomic E-state index is 12.1. The average molecular weight is 391 g/mol. The van der Waals surface area contributed by atoms with Crippen LogP contribution < -0.4 is 10.6 Å². The van der Waals surface area contributed by atoms with Crippen molar-refractivity contribution >= 4 is 50.0 Å². The third-order valence-corrected chi connectivity index (χ3v) is 4.08. The fourth-order valence-corrected chi connectivity index (χ4v) is 2.63. The molecule has 0 aliphatic carbocycles. The summed E-state index contributed by atoms with van der Waals surface area (Å²) < 4.78 is 1.01. The molecule has 6 heteroatoms. The summed E-state index contributed by atoms with van der Waals surface area (Å²) in [6.45, 7) is 0.451. The molecule has 0 spiro atoms. The molecule has 1 aromatic heterocycles. The van der Waals surface area contributed by atoms with Crippen molar-refractivity contribution in [2.45, 2.75) is 6.54 Å². The molecular weight excluding hydrogens is 378 g/mol. The van der Waals surface area contributed by atoms with E-state index in [2.05, 4.69) is 31.5 Å². The van der Waals surface area contributed by atoms with E-state index in [0.717, 1.165) is 20.8 Å². The summed E-state index contributed by atoms with van der Waals surface area (Å²) in [5.41, 5.74) is 1.72. The Morgan fingerprint density at radius 2 is 1.96 bits per heavy atom. The Bertz CT molecular complexity index is 852. The number of rotatable bonds is 3. The van der Waals surface area contributed by atoms with Crippen LogP contribution in [0.25, 0.3) is 10.8 Å². The van der Waals surface area contributed by atoms with Crippen LogP contribution in [-0.4, -0.2) is 11.0 Å². The normalized spacial score (nSPS) is 10.5. The van der Waals surface area contributed by atoms with Gasteiger partial charge in [0.05, 0.1) is 5.69 Å². The van der Waals surface area contributed by atoms with Gasteiger partial charge in [-0.15, -0.1) is 0 Å². The molecule has 0 saturated heterocycles. The number of nitrogens with one attached hydrogen (secondary N) is 2. The lowest BCUT2D eigenvalue weighted by Gasteiger charge is -2.10. The molecule has 0 atom stereocenters. The highest BCUT2D eigenvalue weighted by atomic mass is 79.9. The highest BCUT2D eigenvalue weighted by Crippen LogP contribution is 2.24. The zero-order valence-corrected chi connectivity index (χ0v) is 14.4. The van der Waals surface area contributed by atoms with E-state index in [4.69, 9.17) is 11.6 Å². The Morgan fingerprint density at radius 1 is 1.17 bits per heavy atom. The van der Waals surface area contributed by atoms with Gasteiger partial charge in [0.25, 0.3) is 0 Å². The van der Waals surface area contributed by atoms with Crippen LogP contribution in [0.15, 0.2) is 59.2 Å². The third-order valence-electron chi connectivity index (χ3n) is 3.34. The molecule has 2 N–H and O–H groups in total. The number of halogens is 2. The SMILES string of the molecule is O=C(NCc1ccc(Br)cc1)Nc1cccc2cnc(Cl)cc12. The first-order valence-corrected chi connectivity index (χ1v) is 8.12. The molecule has 0 radical (unpaired) electrons. The van der Waals surface area contributed by atoms with Gasteiger partial charge in [0.15, 0.2) is 0 Å². The van der Waals surface area contributed by atoms with Gasteiger partial charge in [-0.1, -0.05) is 51.8 Å². The Kier molecular flexibility index (Phi) is 4.79. The van der Waals surface area contributed by atoms with Crippen molar-refractivity contribution in [2.75, 3.05) is 5.32 Å². The van der Waals surface area contributed by atoms with Crippen molar-refractivity contribution in [3.63, 3.8) is 0 Å². The lowest BCUT2D eigenvalue weighted by Crippen LogP contribution is -2.28. The molecule has 1 heterocycles. The quantitative estimate of drug-likeness (QED) is 0.620. The minimum Gasteiger partial charge on any atom is -0.334 e. The second-order valence-corrected chi connectivity index (χ2v) is 6.27. The first-order valence-electron chi connectivity index (χ1n) is 6.95. The fourth-order valence-electron chi connectivity index (χ4n) is 2.20. The predicted molar refractivity (Wildman–Crippen MR) is 96.8 cm³/mol. The summed E-state index contributed by atoms with van der Waals surface area (Å²) in [6.07, 6.45) is 1.68. The maximum Gasteiger partial charge on any atom is 0.319 e. The van der Waals surface area contributed by atoms with Crippen molar-refractivity contribution in [1.82, 2.24) is 10.3 Å². The summed E-state index contributed by atoms with van der Waals surface area (Å²) in [4.78, 5) is 16.1. The largest absolute Gasteiger partial charge is 0.334 e. The number of benzene rings is 2. The monoisotopic (exact) mass is 389 g/mol. The lowest BCUT2D eigenvalue weighted by atomic mass is 10.1. The van der Waals surface area contributed by atoms with Crippen molar-refractivity contribution < 1.29 is 4.79 Å². The molecule has 2 aromatic carbocycles. The van der Waals surface area contributed by atoms with Gasteiger partial charge in [-0.2, -0.15) is 0 Å². The standard InChI is InChI=1S/C17H13BrClN3O/c18-13-6-4-11(5-7-13)9-21-17(23)22-15-3-1-2-12-10-20-16(19)8-14(12)15/h1-8,10H,9H2,(H2,21,22,23). The molecule has 3 rings (SSSR count). The summed E-state index contributed by atoms with van der Waals surface area (Å²) in [5, 5.41) is 7.84. The summed E-state index contributed by atoms with van der Waals surface area (Å²) in [6, 6.07) is 14.9. The topological polar surface area (TPSA) is 54.0 Å². The fraction of sp³-hybridized carbons (Fsp3) is 0.0588. The number of hydrogen-bond donors (Lipinski definition) is 2. The minimum absolute atomic E-state index is 0.270. The number of fused-ring (bicyclic) bond motifs is 1. The summed E-state index contributed by atoms with van der Waals surface area (Å²) in [7, 11) is 0. The maximum absolute atomic E-state index is 12.1. The molecule has 0 unspecified atom stereocenters. The average Bonchev–Trinajstić information content (AvgIpc) is 2.55. The van der Waals surface area contributed by atoms with E-state index < -0.39 is 0 Å². The van der Waals surface area contributed by atoms with Crippen molar-refractivity contribution in [1.29, 1.82) is 0 Å². The number of nitrogens with zero attached hydrogens (tertiary/aromatic N) is 1. The lowest BCUT2D eigenvalue weighted by molar-refractivity contribution is 0.252. The van der Waals surface area contributed by atoms with E-state index >= 15 is 0 Å². The van der Waals surface area contributed by atoms with Crippen LogP contribution in [0.5, 0.6) is 0 Å². The van der Waals surface area contributed by atoms with Gasteiger partial charge in [-0.05, 0) is 29.8 Å². The van der Waals surface area contributed by atoms with E-state index in [-0.39, 0.29) is 6.03 Å². The summed E-state index contributed by atoms with van der Waals surface area (Å²) >= 11 is 9.32. The third kappa shape index (κ3) is 4.00. The molecule has 0 saturated carbocycles. The van der Waals surface area contributed by atoms with E-state index in [9.17, 15) is 4.79 Å². The molecule has 0 fully saturated rings. The number of carbonyl (C=O) groups excluding carboxylic acids is 1. The van der Waals surface area contributed by atoms with E-state index in [1.807, 2.05) is 42.5 Å². The Labute approximate surface area is 147 Å². The molecule has 23 heavy (non-hydrogen) atoms. The zero-order chi connectivity index (χ0) is 16.2. The molecule has 116 valence electrons. The number of urea groups is 1. The molecule has 3 aromatic rings. The second kappa shape index (κ2) is 6.98. The molecule has 2 amide bonds. The van der Waals surface area contributed by atoms with E-state index in [1.165, 1.54) is 0 Å². The van der Waals surface area contributed by atoms with Crippen LogP contribution >= 0.6 is 27.5 Å². The second-order valence-electron chi connectivity index (χ2n) is 4.97. The smallest absolute Gasteiger partial charge is 0.319 e. The minimum atomic E-state index is -0.270. The van der Waals surface area contributed by atoms with Crippen LogP contribution in [0.1, 0.15) is 5.56 Å².